The third-order valence-corrected chi connectivity index (χ3v) is 8.25. The highest BCUT2D eigenvalue weighted by Gasteiger charge is 2.18. The molecule has 4 aromatic carbocycles. The maximum absolute atomic E-state index is 13.5. The van der Waals surface area contributed by atoms with E-state index in [2.05, 4.69) is 29.8 Å². The highest BCUT2D eigenvalue weighted by atomic mass is 35.5. The van der Waals surface area contributed by atoms with Gasteiger partial charge in [-0.2, -0.15) is 0 Å². The number of rotatable bonds is 10. The van der Waals surface area contributed by atoms with E-state index in [0.717, 1.165) is 16.0 Å². The molecule has 0 saturated heterocycles. The normalized spacial score (nSPS) is 12.0. The van der Waals surface area contributed by atoms with Gasteiger partial charge < -0.3 is 16.0 Å². The van der Waals surface area contributed by atoms with E-state index in [9.17, 15) is 14.4 Å². The summed E-state index contributed by atoms with van der Waals surface area (Å²) in [7, 11) is 0. The van der Waals surface area contributed by atoms with E-state index >= 15 is 0 Å². The van der Waals surface area contributed by atoms with E-state index in [0.29, 0.717) is 27.9 Å². The minimum atomic E-state index is -0.471. The lowest BCUT2D eigenvalue weighted by molar-refractivity contribution is -0.115. The van der Waals surface area contributed by atoms with Crippen LogP contribution in [-0.4, -0.2) is 23.0 Å². The van der Waals surface area contributed by atoms with Crippen LogP contribution in [0.3, 0.4) is 0 Å². The van der Waals surface area contributed by atoms with Gasteiger partial charge in [0.05, 0.1) is 5.25 Å². The maximum atomic E-state index is 13.5. The van der Waals surface area contributed by atoms with Gasteiger partial charge in [0.1, 0.15) is 5.70 Å². The lowest BCUT2D eigenvalue weighted by Gasteiger charge is -2.15. The van der Waals surface area contributed by atoms with E-state index in [1.165, 1.54) is 17.3 Å². The number of nitrogens with one attached hydrogen (secondary N) is 3. The molecule has 1 unspecified atom stereocenters. The molecule has 0 aromatic heterocycles. The fraction of sp³-hybridized carbons (Fsp3) is 0.171. The van der Waals surface area contributed by atoms with Crippen LogP contribution >= 0.6 is 23.4 Å². The molecule has 3 amide bonds. The summed E-state index contributed by atoms with van der Waals surface area (Å²) in [6.07, 6.45) is 1.66. The van der Waals surface area contributed by atoms with Gasteiger partial charge in [-0.15, -0.1) is 11.8 Å². The SMILES string of the molecule is Cc1c(Cl)cccc1NC(=O)C(C)Sc1cccc(NC(=O)/C(=C\c2ccc(C(C)C)cc2)NC(=O)c2ccccc2)c1. The predicted octanol–water partition coefficient (Wildman–Crippen LogP) is 8.30. The van der Waals surface area contributed by atoms with Crippen LogP contribution in [0.4, 0.5) is 11.4 Å². The molecule has 0 heterocycles. The van der Waals surface area contributed by atoms with Crippen molar-refractivity contribution < 1.29 is 14.4 Å². The molecule has 220 valence electrons. The van der Waals surface area contributed by atoms with Crippen LogP contribution < -0.4 is 16.0 Å². The van der Waals surface area contributed by atoms with Crippen molar-refractivity contribution in [3.63, 3.8) is 0 Å². The molecule has 0 fully saturated rings. The topological polar surface area (TPSA) is 87.3 Å². The first-order chi connectivity index (χ1) is 20.6. The minimum Gasteiger partial charge on any atom is -0.325 e. The Hall–Kier alpha value is -4.33. The van der Waals surface area contributed by atoms with Crippen LogP contribution in [-0.2, 0) is 9.59 Å². The predicted molar refractivity (Wildman–Crippen MR) is 178 cm³/mol. The molecule has 0 bridgehead atoms. The molecule has 4 aromatic rings. The van der Waals surface area contributed by atoms with Crippen molar-refractivity contribution in [2.75, 3.05) is 10.6 Å². The van der Waals surface area contributed by atoms with Gasteiger partial charge in [-0.25, -0.2) is 0 Å². The number of amides is 3. The zero-order valence-electron chi connectivity index (χ0n) is 24.5. The molecule has 3 N–H and O–H groups in total. The fourth-order valence-electron chi connectivity index (χ4n) is 4.17. The largest absolute Gasteiger partial charge is 0.325 e. The van der Waals surface area contributed by atoms with E-state index < -0.39 is 11.2 Å². The van der Waals surface area contributed by atoms with Gasteiger partial charge in [-0.05, 0) is 85.0 Å². The fourth-order valence-corrected chi connectivity index (χ4v) is 5.27. The Kier molecular flexibility index (Phi) is 10.8. The Morgan fingerprint density at radius 3 is 2.21 bits per heavy atom. The van der Waals surface area contributed by atoms with E-state index in [4.69, 9.17) is 11.6 Å². The van der Waals surface area contributed by atoms with Gasteiger partial charge in [-0.1, -0.05) is 80.0 Å². The van der Waals surface area contributed by atoms with Crippen molar-refractivity contribution in [1.29, 1.82) is 0 Å². The summed E-state index contributed by atoms with van der Waals surface area (Å²) in [5.41, 5.74) is 4.51. The number of halogens is 1. The average molecular weight is 612 g/mol. The molecule has 6 nitrogen and oxygen atoms in total. The standard InChI is InChI=1S/C35H34ClN3O3S/c1-22(2)26-18-16-25(17-19-26)20-32(39-34(41)27-10-6-5-7-11-27)35(42)37-28-12-8-13-29(21-28)43-24(4)33(40)38-31-15-9-14-30(36)23(31)3/h5-22,24H,1-4H3,(H,37,42)(H,38,40)(H,39,41)/b32-20+. The van der Waals surface area contributed by atoms with Gasteiger partial charge in [0, 0.05) is 26.9 Å². The van der Waals surface area contributed by atoms with Crippen LogP contribution in [0, 0.1) is 6.92 Å². The Morgan fingerprint density at radius 2 is 1.51 bits per heavy atom. The summed E-state index contributed by atoms with van der Waals surface area (Å²) in [4.78, 5) is 40.2. The van der Waals surface area contributed by atoms with Crippen molar-refractivity contribution in [3.8, 4) is 0 Å². The lowest BCUT2D eigenvalue weighted by Crippen LogP contribution is -2.30. The van der Waals surface area contributed by atoms with Crippen LogP contribution in [0.2, 0.25) is 5.02 Å². The summed E-state index contributed by atoms with van der Waals surface area (Å²) in [5.74, 6) is -0.651. The van der Waals surface area contributed by atoms with Gasteiger partial charge in [0.2, 0.25) is 5.91 Å². The molecule has 43 heavy (non-hydrogen) atoms. The number of carbonyl (C=O) groups is 3. The second-order valence-electron chi connectivity index (χ2n) is 10.3. The first-order valence-corrected chi connectivity index (χ1v) is 15.2. The number of hydrogen-bond acceptors (Lipinski definition) is 4. The molecule has 0 aliphatic rings. The monoisotopic (exact) mass is 611 g/mol. The Morgan fingerprint density at radius 1 is 0.814 bits per heavy atom. The summed E-state index contributed by atoms with van der Waals surface area (Å²) >= 11 is 7.56. The molecule has 0 radical (unpaired) electrons. The van der Waals surface area contributed by atoms with Crippen molar-refractivity contribution >= 4 is 58.5 Å². The minimum absolute atomic E-state index is 0.105. The van der Waals surface area contributed by atoms with Crippen LogP contribution in [0.15, 0.2) is 108 Å². The molecular weight excluding hydrogens is 578 g/mol. The van der Waals surface area contributed by atoms with Gasteiger partial charge in [0.15, 0.2) is 0 Å². The second-order valence-corrected chi connectivity index (χ2v) is 12.2. The summed E-state index contributed by atoms with van der Waals surface area (Å²) < 4.78 is 0. The van der Waals surface area contributed by atoms with Crippen LogP contribution in [0.25, 0.3) is 6.08 Å². The maximum Gasteiger partial charge on any atom is 0.272 e. The second kappa shape index (κ2) is 14.7. The molecule has 0 saturated carbocycles. The highest BCUT2D eigenvalue weighted by Crippen LogP contribution is 2.28. The van der Waals surface area contributed by atoms with Crippen LogP contribution in [0.5, 0.6) is 0 Å². The molecule has 0 spiro atoms. The number of hydrogen-bond donors (Lipinski definition) is 3. The average Bonchev–Trinajstić information content (AvgIpc) is 3.00. The van der Waals surface area contributed by atoms with Gasteiger partial charge in [0.25, 0.3) is 11.8 Å². The van der Waals surface area contributed by atoms with Crippen molar-refractivity contribution in [2.24, 2.45) is 0 Å². The van der Waals surface area contributed by atoms with E-state index in [1.807, 2.05) is 56.3 Å². The van der Waals surface area contributed by atoms with Crippen molar-refractivity contribution in [3.05, 3.63) is 130 Å². The van der Waals surface area contributed by atoms with E-state index in [-0.39, 0.29) is 17.5 Å². The smallest absolute Gasteiger partial charge is 0.272 e. The molecule has 0 aliphatic carbocycles. The summed E-state index contributed by atoms with van der Waals surface area (Å²) in [5, 5.41) is 8.77. The van der Waals surface area contributed by atoms with Crippen molar-refractivity contribution in [2.45, 2.75) is 43.8 Å². The number of anilines is 2. The molecule has 8 heteroatoms. The lowest BCUT2D eigenvalue weighted by atomic mass is 10.0. The Bertz CT molecular complexity index is 1640. The third-order valence-electron chi connectivity index (χ3n) is 6.74. The summed E-state index contributed by atoms with van der Waals surface area (Å²) in [6, 6.07) is 29.2. The molecule has 0 aliphatic heterocycles. The Labute approximate surface area is 261 Å². The van der Waals surface area contributed by atoms with Crippen LogP contribution in [0.1, 0.15) is 53.7 Å². The number of benzene rings is 4. The summed E-state index contributed by atoms with van der Waals surface area (Å²) in [6.45, 7) is 7.90. The molecule has 4 rings (SSSR count). The van der Waals surface area contributed by atoms with E-state index in [1.54, 1.807) is 60.7 Å². The highest BCUT2D eigenvalue weighted by molar-refractivity contribution is 8.00. The first-order valence-electron chi connectivity index (χ1n) is 13.9. The first kappa shape index (κ1) is 31.6. The quantitative estimate of drug-likeness (QED) is 0.124. The zero-order chi connectivity index (χ0) is 30.9. The van der Waals surface area contributed by atoms with Gasteiger partial charge >= 0.3 is 0 Å². The zero-order valence-corrected chi connectivity index (χ0v) is 26.1. The van der Waals surface area contributed by atoms with Crippen molar-refractivity contribution in [1.82, 2.24) is 5.32 Å². The molecule has 1 atom stereocenters. The number of thioether (sulfide) groups is 1. The Balaban J connectivity index is 1.50. The number of carbonyl (C=O) groups excluding carboxylic acids is 3. The third kappa shape index (κ3) is 8.83. The van der Waals surface area contributed by atoms with Gasteiger partial charge in [-0.3, -0.25) is 14.4 Å². The molecular formula is C35H34ClN3O3S.